The quantitative estimate of drug-likeness (QED) is 0.371. The number of carbonyl (C=O) groups is 2. The SMILES string of the molecule is CCCCN(CCCN)C(=O)CN1C[C@H](c2ccc3c(c2)OCO3)C(C(=O)O)[C@@H]1COc1ccccc1OC. The molecule has 3 atom stereocenters. The smallest absolute Gasteiger partial charge is 0.308 e. The molecule has 1 saturated heterocycles. The van der Waals surface area contributed by atoms with Crippen LogP contribution in [0.3, 0.4) is 0 Å². The van der Waals surface area contributed by atoms with Crippen molar-refractivity contribution < 1.29 is 33.6 Å². The van der Waals surface area contributed by atoms with Crippen LogP contribution in [0.4, 0.5) is 0 Å². The highest BCUT2D eigenvalue weighted by Crippen LogP contribution is 2.42. The Morgan fingerprint density at radius 2 is 1.85 bits per heavy atom. The molecule has 0 radical (unpaired) electrons. The molecule has 2 aliphatic heterocycles. The van der Waals surface area contributed by atoms with Gasteiger partial charge >= 0.3 is 5.97 Å². The van der Waals surface area contributed by atoms with Gasteiger partial charge < -0.3 is 34.7 Å². The maximum atomic E-state index is 13.5. The van der Waals surface area contributed by atoms with Crippen molar-refractivity contribution in [3.8, 4) is 23.0 Å². The van der Waals surface area contributed by atoms with E-state index >= 15 is 0 Å². The predicted octanol–water partition coefficient (Wildman–Crippen LogP) is 2.95. The highest BCUT2D eigenvalue weighted by atomic mass is 16.7. The maximum Gasteiger partial charge on any atom is 0.308 e. The molecule has 2 aliphatic rings. The fourth-order valence-electron chi connectivity index (χ4n) is 5.36. The third-order valence-electron chi connectivity index (χ3n) is 7.44. The molecule has 39 heavy (non-hydrogen) atoms. The molecule has 0 aromatic heterocycles. The molecule has 1 fully saturated rings. The number of hydrogen-bond acceptors (Lipinski definition) is 8. The topological polar surface area (TPSA) is 124 Å². The van der Waals surface area contributed by atoms with Crippen LogP contribution in [0.5, 0.6) is 23.0 Å². The van der Waals surface area contributed by atoms with E-state index in [0.29, 0.717) is 55.6 Å². The summed E-state index contributed by atoms with van der Waals surface area (Å²) in [7, 11) is 1.56. The Kier molecular flexibility index (Phi) is 9.89. The van der Waals surface area contributed by atoms with Crippen molar-refractivity contribution in [2.45, 2.75) is 38.1 Å². The second kappa shape index (κ2) is 13.5. The molecule has 0 saturated carbocycles. The van der Waals surface area contributed by atoms with E-state index in [-0.39, 0.29) is 31.8 Å². The number of nitrogens with two attached hydrogens (primary N) is 1. The number of ether oxygens (including phenoxy) is 4. The van der Waals surface area contributed by atoms with Gasteiger partial charge in [-0.1, -0.05) is 31.5 Å². The largest absolute Gasteiger partial charge is 0.493 e. The number of nitrogens with zero attached hydrogens (tertiary/aromatic N) is 2. The summed E-state index contributed by atoms with van der Waals surface area (Å²) in [5, 5.41) is 10.4. The van der Waals surface area contributed by atoms with Gasteiger partial charge in [-0.2, -0.15) is 0 Å². The zero-order chi connectivity index (χ0) is 27.8. The van der Waals surface area contributed by atoms with Crippen molar-refractivity contribution in [3.05, 3.63) is 48.0 Å². The summed E-state index contributed by atoms with van der Waals surface area (Å²) in [5.74, 6) is 0.171. The number of benzene rings is 2. The van der Waals surface area contributed by atoms with Crippen molar-refractivity contribution in [2.75, 3.05) is 53.2 Å². The van der Waals surface area contributed by atoms with Crippen LogP contribution in [0, 0.1) is 5.92 Å². The van der Waals surface area contributed by atoms with Crippen LogP contribution in [0.1, 0.15) is 37.7 Å². The number of hydrogen-bond donors (Lipinski definition) is 2. The van der Waals surface area contributed by atoms with E-state index in [9.17, 15) is 14.7 Å². The van der Waals surface area contributed by atoms with Crippen LogP contribution in [0.2, 0.25) is 0 Å². The normalized spacial score (nSPS) is 20.1. The number of carboxylic acids is 1. The number of likely N-dealkylation sites (tertiary alicyclic amines) is 1. The summed E-state index contributed by atoms with van der Waals surface area (Å²) in [6.07, 6.45) is 2.58. The van der Waals surface area contributed by atoms with Gasteiger partial charge in [0.25, 0.3) is 0 Å². The lowest BCUT2D eigenvalue weighted by atomic mass is 9.85. The molecular weight excluding hydrogens is 502 g/mol. The molecular formula is C29H39N3O7. The Balaban J connectivity index is 1.61. The standard InChI is InChI=1S/C29H39N3O7/c1-3-4-13-31(14-7-12-30)27(33)17-32-16-21(20-10-11-25-26(15-20)39-19-38-25)28(29(34)35)22(32)18-37-24-9-6-5-8-23(24)36-2/h5-6,8-11,15,21-22,28H,3-4,7,12-14,16-19,30H2,1-2H3,(H,34,35)/t21-,22+,28?/m1/s1. The summed E-state index contributed by atoms with van der Waals surface area (Å²) in [6.45, 7) is 4.54. The lowest BCUT2D eigenvalue weighted by Gasteiger charge is -2.29. The van der Waals surface area contributed by atoms with E-state index in [2.05, 4.69) is 6.92 Å². The van der Waals surface area contributed by atoms with E-state index in [1.165, 1.54) is 0 Å². The van der Waals surface area contributed by atoms with Gasteiger partial charge in [0.1, 0.15) is 6.61 Å². The monoisotopic (exact) mass is 541 g/mol. The molecule has 2 heterocycles. The molecule has 0 bridgehead atoms. The average molecular weight is 542 g/mol. The summed E-state index contributed by atoms with van der Waals surface area (Å²) in [5.41, 5.74) is 6.55. The van der Waals surface area contributed by atoms with E-state index in [0.717, 1.165) is 18.4 Å². The minimum Gasteiger partial charge on any atom is -0.493 e. The third-order valence-corrected chi connectivity index (χ3v) is 7.44. The van der Waals surface area contributed by atoms with E-state index < -0.39 is 17.9 Å². The summed E-state index contributed by atoms with van der Waals surface area (Å²) in [4.78, 5) is 30.0. The number of aliphatic carboxylic acids is 1. The lowest BCUT2D eigenvalue weighted by Crippen LogP contribution is -2.47. The lowest BCUT2D eigenvalue weighted by molar-refractivity contribution is -0.144. The Labute approximate surface area is 229 Å². The van der Waals surface area contributed by atoms with Gasteiger partial charge in [-0.05, 0) is 49.2 Å². The highest BCUT2D eigenvalue weighted by molar-refractivity contribution is 5.79. The van der Waals surface area contributed by atoms with Crippen LogP contribution >= 0.6 is 0 Å². The van der Waals surface area contributed by atoms with Crippen LogP contribution in [-0.2, 0) is 9.59 Å². The number of fused-ring (bicyclic) bond motifs is 1. The Morgan fingerprint density at radius 3 is 2.56 bits per heavy atom. The third kappa shape index (κ3) is 6.75. The van der Waals surface area contributed by atoms with Gasteiger partial charge in [0.05, 0.1) is 25.6 Å². The van der Waals surface area contributed by atoms with Gasteiger partial charge in [-0.25, -0.2) is 0 Å². The van der Waals surface area contributed by atoms with Gasteiger partial charge in [-0.15, -0.1) is 0 Å². The first kappa shape index (κ1) is 28.5. The molecule has 0 spiro atoms. The summed E-state index contributed by atoms with van der Waals surface area (Å²) >= 11 is 0. The number of carbonyl (C=O) groups excluding carboxylic acids is 1. The molecule has 1 unspecified atom stereocenters. The fraction of sp³-hybridized carbons (Fsp3) is 0.517. The second-order valence-corrected chi connectivity index (χ2v) is 9.92. The fourth-order valence-corrected chi connectivity index (χ4v) is 5.36. The number of para-hydroxylation sites is 2. The number of unbranched alkanes of at least 4 members (excludes halogenated alkanes) is 1. The van der Waals surface area contributed by atoms with Crippen molar-refractivity contribution >= 4 is 11.9 Å². The predicted molar refractivity (Wildman–Crippen MR) is 145 cm³/mol. The minimum atomic E-state index is -0.938. The molecule has 2 aromatic carbocycles. The first-order valence-electron chi connectivity index (χ1n) is 13.6. The summed E-state index contributed by atoms with van der Waals surface area (Å²) in [6, 6.07) is 12.2. The van der Waals surface area contributed by atoms with Crippen molar-refractivity contribution in [1.82, 2.24) is 9.80 Å². The van der Waals surface area contributed by atoms with Crippen molar-refractivity contribution in [3.63, 3.8) is 0 Å². The van der Waals surface area contributed by atoms with Crippen LogP contribution in [0.15, 0.2) is 42.5 Å². The molecule has 4 rings (SSSR count). The van der Waals surface area contributed by atoms with Crippen LogP contribution < -0.4 is 24.7 Å². The van der Waals surface area contributed by atoms with Crippen molar-refractivity contribution in [2.24, 2.45) is 11.7 Å². The number of amides is 1. The molecule has 0 aliphatic carbocycles. The van der Waals surface area contributed by atoms with E-state index in [1.54, 1.807) is 19.2 Å². The molecule has 3 N–H and O–H groups in total. The average Bonchev–Trinajstić information content (AvgIpc) is 3.56. The minimum absolute atomic E-state index is 0.0327. The van der Waals surface area contributed by atoms with Crippen molar-refractivity contribution in [1.29, 1.82) is 0 Å². The number of carboxylic acid groups (broad SMARTS) is 1. The Morgan fingerprint density at radius 1 is 1.10 bits per heavy atom. The van der Waals surface area contributed by atoms with Gasteiger partial charge in [-0.3, -0.25) is 14.5 Å². The highest BCUT2D eigenvalue weighted by Gasteiger charge is 2.48. The Bertz CT molecular complexity index is 1120. The van der Waals surface area contributed by atoms with E-state index in [4.69, 9.17) is 24.7 Å². The molecule has 212 valence electrons. The second-order valence-electron chi connectivity index (χ2n) is 9.92. The number of rotatable bonds is 14. The molecule has 1 amide bonds. The molecule has 2 aromatic rings. The first-order chi connectivity index (χ1) is 19.0. The zero-order valence-electron chi connectivity index (χ0n) is 22.7. The Hall–Kier alpha value is -3.50. The molecule has 10 nitrogen and oxygen atoms in total. The van der Waals surface area contributed by atoms with Gasteiger partial charge in [0, 0.05) is 25.6 Å². The first-order valence-corrected chi connectivity index (χ1v) is 13.6. The zero-order valence-corrected chi connectivity index (χ0v) is 22.7. The number of methoxy groups -OCH3 is 1. The summed E-state index contributed by atoms with van der Waals surface area (Å²) < 4.78 is 22.6. The van der Waals surface area contributed by atoms with E-state index in [1.807, 2.05) is 40.1 Å². The van der Waals surface area contributed by atoms with Crippen LogP contribution in [0.25, 0.3) is 0 Å². The van der Waals surface area contributed by atoms with Gasteiger partial charge in [0.2, 0.25) is 12.7 Å². The van der Waals surface area contributed by atoms with Gasteiger partial charge in [0.15, 0.2) is 23.0 Å². The maximum absolute atomic E-state index is 13.5. The van der Waals surface area contributed by atoms with Crippen LogP contribution in [-0.4, -0.2) is 86.1 Å². The molecule has 10 heteroatoms.